The summed E-state index contributed by atoms with van der Waals surface area (Å²) in [5, 5.41) is 9.98. The fourth-order valence-electron chi connectivity index (χ4n) is 4.94. The summed E-state index contributed by atoms with van der Waals surface area (Å²) >= 11 is 0. The van der Waals surface area contributed by atoms with E-state index in [0.29, 0.717) is 24.8 Å². The molecule has 0 saturated heterocycles. The summed E-state index contributed by atoms with van der Waals surface area (Å²) in [6, 6.07) is 8.40. The molecule has 2 atom stereocenters. The molecule has 9 heteroatoms. The Morgan fingerprint density at radius 2 is 1.83 bits per heavy atom. The van der Waals surface area contributed by atoms with Gasteiger partial charge in [0.25, 0.3) is 0 Å². The van der Waals surface area contributed by atoms with Crippen LogP contribution in [-0.2, 0) is 29.0 Å². The molecular formula is C26H33F3N2O3S. The summed E-state index contributed by atoms with van der Waals surface area (Å²) in [4.78, 5) is 1.98. The van der Waals surface area contributed by atoms with E-state index in [4.69, 9.17) is 0 Å². The third kappa shape index (κ3) is 6.57. The molecule has 2 aliphatic rings. The van der Waals surface area contributed by atoms with Gasteiger partial charge in [-0.25, -0.2) is 13.1 Å². The highest BCUT2D eigenvalue weighted by Gasteiger charge is 2.38. The van der Waals surface area contributed by atoms with Crippen LogP contribution in [0.5, 0.6) is 5.75 Å². The molecule has 0 aromatic heterocycles. The van der Waals surface area contributed by atoms with Crippen LogP contribution < -0.4 is 4.72 Å². The molecule has 0 spiro atoms. The molecule has 35 heavy (non-hydrogen) atoms. The molecule has 2 unspecified atom stereocenters. The molecule has 192 valence electrons. The number of hydrogen-bond acceptors (Lipinski definition) is 4. The summed E-state index contributed by atoms with van der Waals surface area (Å²) in [5.41, 5.74) is 0.933. The average Bonchev–Trinajstić information content (AvgIpc) is 3.61. The van der Waals surface area contributed by atoms with Crippen molar-refractivity contribution in [3.05, 3.63) is 59.2 Å². The smallest absolute Gasteiger partial charge is 0.416 e. The number of alkyl halides is 3. The number of nitrogens with one attached hydrogen (secondary N) is 1. The van der Waals surface area contributed by atoms with Crippen molar-refractivity contribution in [3.63, 3.8) is 0 Å². The molecule has 2 aromatic carbocycles. The van der Waals surface area contributed by atoms with Crippen LogP contribution in [0.2, 0.25) is 0 Å². The van der Waals surface area contributed by atoms with E-state index >= 15 is 0 Å². The van der Waals surface area contributed by atoms with E-state index in [1.54, 1.807) is 12.1 Å². The lowest BCUT2D eigenvalue weighted by atomic mass is 9.83. The molecule has 1 fully saturated rings. The number of halogens is 3. The van der Waals surface area contributed by atoms with Crippen molar-refractivity contribution in [2.75, 3.05) is 13.1 Å². The minimum absolute atomic E-state index is 0.111. The van der Waals surface area contributed by atoms with E-state index in [0.717, 1.165) is 55.6 Å². The maximum absolute atomic E-state index is 13.3. The molecule has 0 heterocycles. The third-order valence-corrected chi connectivity index (χ3v) is 8.50. The third-order valence-electron chi connectivity index (χ3n) is 7.01. The number of aromatic hydroxyl groups is 1. The van der Waals surface area contributed by atoms with Gasteiger partial charge in [0.1, 0.15) is 5.75 Å². The van der Waals surface area contributed by atoms with E-state index in [1.165, 1.54) is 18.9 Å². The van der Waals surface area contributed by atoms with E-state index in [1.807, 2.05) is 6.07 Å². The molecule has 0 bridgehead atoms. The number of nitrogens with zero attached hydrogens (tertiary/aromatic N) is 1. The number of fused-ring (bicyclic) bond motifs is 1. The van der Waals surface area contributed by atoms with Crippen LogP contribution >= 0.6 is 0 Å². The second-order valence-electron chi connectivity index (χ2n) is 9.83. The normalized spacial score (nSPS) is 20.7. The molecule has 5 nitrogen and oxygen atoms in total. The Bertz CT molecular complexity index is 1130. The van der Waals surface area contributed by atoms with Crippen molar-refractivity contribution in [1.82, 2.24) is 9.62 Å². The first-order valence-corrected chi connectivity index (χ1v) is 13.8. The molecule has 2 N–H and O–H groups in total. The lowest BCUT2D eigenvalue weighted by molar-refractivity contribution is -0.137. The monoisotopic (exact) mass is 510 g/mol. The van der Waals surface area contributed by atoms with Crippen LogP contribution in [0.3, 0.4) is 0 Å². The van der Waals surface area contributed by atoms with Gasteiger partial charge in [-0.1, -0.05) is 31.9 Å². The van der Waals surface area contributed by atoms with E-state index in [9.17, 15) is 26.7 Å². The predicted octanol–water partition coefficient (Wildman–Crippen LogP) is 5.13. The van der Waals surface area contributed by atoms with E-state index < -0.39 is 32.7 Å². The van der Waals surface area contributed by atoms with Crippen molar-refractivity contribution in [2.24, 2.45) is 5.92 Å². The van der Waals surface area contributed by atoms with Crippen molar-refractivity contribution >= 4 is 10.0 Å². The predicted molar refractivity (Wildman–Crippen MR) is 129 cm³/mol. The van der Waals surface area contributed by atoms with Crippen LogP contribution in [0.15, 0.2) is 47.4 Å². The van der Waals surface area contributed by atoms with Gasteiger partial charge in [0.2, 0.25) is 10.0 Å². The van der Waals surface area contributed by atoms with Crippen LogP contribution in [-0.4, -0.2) is 43.6 Å². The standard InChI is InChI=1S/C26H33F3N2O3S/c1-2-3-4-12-31(17-18-8-9-18)25-15-19-10-11-22(32)13-20(19)14-24(25)30-35(33,34)23-7-5-6-21(16-23)26(27,28)29/h5-7,10-11,13,16,18,24-25,30,32H,2-4,8-9,12,14-15,17H2,1H3. The van der Waals surface area contributed by atoms with Gasteiger partial charge in [-0.05, 0) is 86.0 Å². The van der Waals surface area contributed by atoms with E-state index in [-0.39, 0.29) is 11.8 Å². The van der Waals surface area contributed by atoms with Crippen LogP contribution in [0.25, 0.3) is 0 Å². The fourth-order valence-corrected chi connectivity index (χ4v) is 6.26. The second-order valence-corrected chi connectivity index (χ2v) is 11.5. The van der Waals surface area contributed by atoms with Crippen molar-refractivity contribution in [2.45, 2.75) is 75.0 Å². The van der Waals surface area contributed by atoms with Crippen LogP contribution in [0.1, 0.15) is 55.7 Å². The number of sulfonamides is 1. The molecule has 4 rings (SSSR count). The average molecular weight is 511 g/mol. The first-order valence-electron chi connectivity index (χ1n) is 12.3. The van der Waals surface area contributed by atoms with Gasteiger partial charge in [-0.15, -0.1) is 0 Å². The first kappa shape index (κ1) is 26.0. The van der Waals surface area contributed by atoms with Crippen molar-refractivity contribution in [1.29, 1.82) is 0 Å². The number of phenolic OH excluding ortho intramolecular Hbond substituents is 1. The highest BCUT2D eigenvalue weighted by molar-refractivity contribution is 7.89. The van der Waals surface area contributed by atoms with Crippen LogP contribution in [0.4, 0.5) is 13.2 Å². The molecular weight excluding hydrogens is 477 g/mol. The molecule has 0 amide bonds. The Balaban J connectivity index is 1.64. The SMILES string of the molecule is CCCCCN(CC1CC1)C1Cc2ccc(O)cc2CC1NS(=O)(=O)c1cccc(C(F)(F)F)c1. The van der Waals surface area contributed by atoms with Gasteiger partial charge in [-0.2, -0.15) is 13.2 Å². The van der Waals surface area contributed by atoms with Gasteiger partial charge in [-0.3, -0.25) is 4.90 Å². The second kappa shape index (κ2) is 10.5. The summed E-state index contributed by atoms with van der Waals surface area (Å²) in [6.45, 7) is 3.88. The lowest BCUT2D eigenvalue weighted by Crippen LogP contribution is -2.56. The number of rotatable bonds is 10. The zero-order chi connectivity index (χ0) is 25.2. The topological polar surface area (TPSA) is 69.6 Å². The number of unbranched alkanes of at least 4 members (excludes halogenated alkanes) is 2. The maximum atomic E-state index is 13.3. The van der Waals surface area contributed by atoms with Crippen LogP contribution in [0, 0.1) is 5.92 Å². The molecule has 2 aliphatic carbocycles. The number of hydrogen-bond donors (Lipinski definition) is 2. The van der Waals surface area contributed by atoms with Gasteiger partial charge in [0, 0.05) is 18.6 Å². The molecule has 0 radical (unpaired) electrons. The zero-order valence-corrected chi connectivity index (χ0v) is 20.7. The van der Waals surface area contributed by atoms with Gasteiger partial charge < -0.3 is 5.11 Å². The minimum atomic E-state index is -4.63. The molecule has 1 saturated carbocycles. The quantitative estimate of drug-likeness (QED) is 0.435. The zero-order valence-electron chi connectivity index (χ0n) is 19.9. The minimum Gasteiger partial charge on any atom is -0.508 e. The molecule has 2 aromatic rings. The first-order chi connectivity index (χ1) is 16.6. The lowest BCUT2D eigenvalue weighted by Gasteiger charge is -2.41. The highest BCUT2D eigenvalue weighted by Crippen LogP contribution is 2.35. The Labute approximate surface area is 205 Å². The summed E-state index contributed by atoms with van der Waals surface area (Å²) in [6.07, 6.45) is 1.86. The van der Waals surface area contributed by atoms with Gasteiger partial charge in [0.15, 0.2) is 0 Å². The number of benzene rings is 2. The van der Waals surface area contributed by atoms with Crippen molar-refractivity contribution < 1.29 is 26.7 Å². The highest BCUT2D eigenvalue weighted by atomic mass is 32.2. The van der Waals surface area contributed by atoms with Gasteiger partial charge in [0.05, 0.1) is 10.5 Å². The Morgan fingerprint density at radius 1 is 1.06 bits per heavy atom. The van der Waals surface area contributed by atoms with Gasteiger partial charge >= 0.3 is 6.18 Å². The largest absolute Gasteiger partial charge is 0.508 e. The summed E-state index contributed by atoms with van der Waals surface area (Å²) in [5.74, 6) is 0.720. The Kier molecular flexibility index (Phi) is 7.78. The summed E-state index contributed by atoms with van der Waals surface area (Å²) in [7, 11) is -4.20. The fraction of sp³-hybridized carbons (Fsp3) is 0.538. The Morgan fingerprint density at radius 3 is 2.51 bits per heavy atom. The molecule has 0 aliphatic heterocycles. The summed E-state index contributed by atoms with van der Waals surface area (Å²) < 4.78 is 68.9. The Hall–Kier alpha value is -2.10. The maximum Gasteiger partial charge on any atom is 0.416 e. The van der Waals surface area contributed by atoms with Crippen molar-refractivity contribution in [3.8, 4) is 5.75 Å². The number of phenols is 1. The van der Waals surface area contributed by atoms with E-state index in [2.05, 4.69) is 16.5 Å².